The van der Waals surface area contributed by atoms with Gasteiger partial charge in [-0.1, -0.05) is 40.5 Å². The van der Waals surface area contributed by atoms with E-state index in [4.69, 9.17) is 39.0 Å². The number of amidine groups is 1. The van der Waals surface area contributed by atoms with Crippen LogP contribution in [0.3, 0.4) is 0 Å². The fourth-order valence-electron chi connectivity index (χ4n) is 2.93. The largest absolute Gasteiger partial charge is 0.428 e. The van der Waals surface area contributed by atoms with E-state index < -0.39 is 11.8 Å². The third-order valence-corrected chi connectivity index (χ3v) is 4.74. The van der Waals surface area contributed by atoms with E-state index >= 15 is 0 Å². The van der Waals surface area contributed by atoms with Crippen LogP contribution in [0.15, 0.2) is 47.6 Å². The summed E-state index contributed by atoms with van der Waals surface area (Å²) in [7, 11) is 0. The van der Waals surface area contributed by atoms with Gasteiger partial charge in [0.05, 0.1) is 5.70 Å². The third-order valence-electron chi connectivity index (χ3n) is 4.30. The number of nitrogens with one attached hydrogen (secondary N) is 1. The van der Waals surface area contributed by atoms with Crippen LogP contribution >= 0.6 is 23.2 Å². The fraction of sp³-hybridized carbons (Fsp3) is 0.167. The first-order chi connectivity index (χ1) is 13.1. The maximum atomic E-state index is 14.0. The molecule has 4 N–H and O–H groups in total. The molecule has 1 atom stereocenters. The Morgan fingerprint density at radius 3 is 2.36 bits per heavy atom. The number of rotatable bonds is 3. The van der Waals surface area contributed by atoms with Crippen molar-refractivity contribution in [2.75, 3.05) is 0 Å². The molecular formula is C18H14Cl2F3N3O2. The molecule has 0 fully saturated rings. The van der Waals surface area contributed by atoms with Crippen LogP contribution in [0.5, 0.6) is 0 Å². The molecule has 0 aromatic heterocycles. The van der Waals surface area contributed by atoms with E-state index in [1.54, 1.807) is 13.0 Å². The Labute approximate surface area is 168 Å². The topological polar surface area (TPSA) is 79.9 Å². The van der Waals surface area contributed by atoms with Crippen molar-refractivity contribution in [3.8, 4) is 0 Å². The summed E-state index contributed by atoms with van der Waals surface area (Å²) in [4.78, 5) is 5.03. The molecule has 0 bridgehead atoms. The van der Waals surface area contributed by atoms with Crippen molar-refractivity contribution in [3.05, 3.63) is 74.8 Å². The van der Waals surface area contributed by atoms with Gasteiger partial charge in [-0.25, -0.2) is 0 Å². The summed E-state index contributed by atoms with van der Waals surface area (Å²) in [5, 5.41) is 11.8. The van der Waals surface area contributed by atoms with Crippen LogP contribution in [-0.2, 0) is 10.4 Å². The average molecular weight is 432 g/mol. The van der Waals surface area contributed by atoms with Gasteiger partial charge < -0.3 is 10.9 Å². The summed E-state index contributed by atoms with van der Waals surface area (Å²) in [5.41, 5.74) is 6.47. The molecule has 10 heteroatoms. The molecule has 0 spiro atoms. The van der Waals surface area contributed by atoms with E-state index in [-0.39, 0.29) is 27.1 Å². The van der Waals surface area contributed by atoms with Gasteiger partial charge in [-0.05, 0) is 48.4 Å². The van der Waals surface area contributed by atoms with Gasteiger partial charge in [0.1, 0.15) is 0 Å². The Kier molecular flexibility index (Phi) is 5.22. The summed E-state index contributed by atoms with van der Waals surface area (Å²) in [6.45, 7) is 1.68. The van der Waals surface area contributed by atoms with Gasteiger partial charge in [0.15, 0.2) is 5.84 Å². The molecule has 0 saturated heterocycles. The third kappa shape index (κ3) is 3.50. The van der Waals surface area contributed by atoms with Crippen molar-refractivity contribution >= 4 is 34.7 Å². The molecule has 0 radical (unpaired) electrons. The van der Waals surface area contributed by atoms with Gasteiger partial charge in [0.2, 0.25) is 5.60 Å². The zero-order chi connectivity index (χ0) is 20.7. The number of benzene rings is 2. The zero-order valence-corrected chi connectivity index (χ0v) is 15.8. The molecule has 148 valence electrons. The first-order valence-corrected chi connectivity index (χ1v) is 8.62. The Morgan fingerprint density at radius 2 is 1.82 bits per heavy atom. The number of nitrogens with zero attached hydrogens (tertiary/aromatic N) is 1. The number of hydrogen-bond acceptors (Lipinski definition) is 4. The molecule has 1 aliphatic rings. The van der Waals surface area contributed by atoms with Crippen molar-refractivity contribution < 1.29 is 23.2 Å². The number of aryl methyl sites for hydroxylation is 1. The van der Waals surface area contributed by atoms with Crippen LogP contribution < -0.4 is 11.2 Å². The smallest absolute Gasteiger partial charge is 0.409 e. The van der Waals surface area contributed by atoms with E-state index in [1.165, 1.54) is 18.2 Å². The highest BCUT2D eigenvalue weighted by atomic mass is 35.5. The van der Waals surface area contributed by atoms with Gasteiger partial charge in [-0.3, -0.25) is 10.3 Å². The normalized spacial score (nSPS) is 20.1. The quantitative estimate of drug-likeness (QED) is 0.284. The Balaban J connectivity index is 2.11. The molecule has 1 aliphatic heterocycles. The molecular weight excluding hydrogens is 418 g/mol. The number of hydroxylamine groups is 1. The molecule has 2 aromatic carbocycles. The lowest BCUT2D eigenvalue weighted by molar-refractivity contribution is -0.269. The molecule has 0 saturated carbocycles. The second-order valence-electron chi connectivity index (χ2n) is 6.17. The summed E-state index contributed by atoms with van der Waals surface area (Å²) in [6, 6.07) is 8.28. The monoisotopic (exact) mass is 431 g/mol. The van der Waals surface area contributed by atoms with E-state index in [1.807, 2.05) is 0 Å². The summed E-state index contributed by atoms with van der Waals surface area (Å²) in [5.74, 6) is -0.105. The molecule has 3 rings (SSSR count). The van der Waals surface area contributed by atoms with Crippen molar-refractivity contribution in [2.45, 2.75) is 18.7 Å². The van der Waals surface area contributed by atoms with Crippen LogP contribution in [-0.4, -0.2) is 17.2 Å². The molecule has 1 unspecified atom stereocenters. The second kappa shape index (κ2) is 7.20. The highest BCUT2D eigenvalue weighted by molar-refractivity contribution is 6.34. The number of nitrogens with two attached hydrogens (primary N) is 1. The lowest BCUT2D eigenvalue weighted by Crippen LogP contribution is -2.42. The predicted octanol–water partition coefficient (Wildman–Crippen LogP) is 4.73. The van der Waals surface area contributed by atoms with Crippen molar-refractivity contribution in [1.82, 2.24) is 5.48 Å². The summed E-state index contributed by atoms with van der Waals surface area (Å²) >= 11 is 11.8. The number of alkyl halides is 3. The van der Waals surface area contributed by atoms with Gasteiger partial charge in [0, 0.05) is 21.2 Å². The molecule has 28 heavy (non-hydrogen) atoms. The minimum atomic E-state index is -4.79. The van der Waals surface area contributed by atoms with E-state index in [9.17, 15) is 13.2 Å². The maximum Gasteiger partial charge on any atom is 0.428 e. The van der Waals surface area contributed by atoms with Gasteiger partial charge in [-0.2, -0.15) is 13.2 Å². The lowest BCUT2D eigenvalue weighted by atomic mass is 9.91. The highest BCUT2D eigenvalue weighted by Crippen LogP contribution is 2.48. The van der Waals surface area contributed by atoms with Crippen molar-refractivity contribution in [2.24, 2.45) is 10.9 Å². The van der Waals surface area contributed by atoms with E-state index in [0.717, 1.165) is 18.2 Å². The van der Waals surface area contributed by atoms with Gasteiger partial charge in [0.25, 0.3) is 0 Å². The Hall–Kier alpha value is -2.42. The first kappa shape index (κ1) is 20.3. The highest BCUT2D eigenvalue weighted by Gasteiger charge is 2.59. The van der Waals surface area contributed by atoms with Crippen LogP contribution in [0, 0.1) is 6.92 Å². The standard InChI is InChI=1S/C18H14Cl2F3N3O2/c1-9-4-10(2-3-14(9)16(24)25-27)15-8-17(28-26-15,18(21,22)23)11-5-12(19)7-13(20)6-11/h2-8,26-27H,1H3,(H2,24,25). The maximum absolute atomic E-state index is 14.0. The lowest BCUT2D eigenvalue weighted by Gasteiger charge is -2.28. The molecule has 0 aliphatic carbocycles. The van der Waals surface area contributed by atoms with Crippen LogP contribution in [0.1, 0.15) is 22.3 Å². The minimum absolute atomic E-state index is 0.0514. The first-order valence-electron chi connectivity index (χ1n) is 7.86. The van der Waals surface area contributed by atoms with Crippen LogP contribution in [0.4, 0.5) is 13.2 Å². The van der Waals surface area contributed by atoms with Crippen LogP contribution in [0.2, 0.25) is 10.0 Å². The molecule has 1 heterocycles. The number of oxime groups is 1. The zero-order valence-electron chi connectivity index (χ0n) is 14.3. The number of hydrogen-bond donors (Lipinski definition) is 3. The molecule has 2 aromatic rings. The van der Waals surface area contributed by atoms with Gasteiger partial charge in [-0.15, -0.1) is 0 Å². The average Bonchev–Trinajstić information content (AvgIpc) is 3.07. The number of halogens is 5. The second-order valence-corrected chi connectivity index (χ2v) is 7.04. The van der Waals surface area contributed by atoms with Gasteiger partial charge >= 0.3 is 6.18 Å². The Bertz CT molecular complexity index is 972. The van der Waals surface area contributed by atoms with Crippen LogP contribution in [0.25, 0.3) is 5.70 Å². The molecule has 0 amide bonds. The summed E-state index contributed by atoms with van der Waals surface area (Å²) in [6.07, 6.45) is -3.87. The minimum Gasteiger partial charge on any atom is -0.409 e. The predicted molar refractivity (Wildman–Crippen MR) is 100 cm³/mol. The van der Waals surface area contributed by atoms with E-state index in [2.05, 4.69) is 10.6 Å². The fourth-order valence-corrected chi connectivity index (χ4v) is 3.45. The summed E-state index contributed by atoms with van der Waals surface area (Å²) < 4.78 is 42.0. The van der Waals surface area contributed by atoms with Crippen molar-refractivity contribution in [3.63, 3.8) is 0 Å². The van der Waals surface area contributed by atoms with Crippen molar-refractivity contribution in [1.29, 1.82) is 0 Å². The molecule has 5 nitrogen and oxygen atoms in total. The SMILES string of the molecule is Cc1cc(C2=CC(c3cc(Cl)cc(Cl)c3)(C(F)(F)F)ON2)ccc1C(N)=NO. The van der Waals surface area contributed by atoms with E-state index in [0.29, 0.717) is 16.7 Å². The Morgan fingerprint density at radius 1 is 1.18 bits per heavy atom.